The van der Waals surface area contributed by atoms with Crippen LogP contribution in [0.25, 0.3) is 0 Å². The summed E-state index contributed by atoms with van der Waals surface area (Å²) in [5.41, 5.74) is 0. The molecule has 3 unspecified atom stereocenters. The zero-order chi connectivity index (χ0) is 13.9. The third kappa shape index (κ3) is 3.92. The molecular weight excluding hydrogens is 273 g/mol. The molecule has 0 radical (unpaired) electrons. The van der Waals surface area contributed by atoms with Gasteiger partial charge in [0.05, 0.1) is 10.9 Å². The fourth-order valence-corrected chi connectivity index (χ4v) is 3.36. The van der Waals surface area contributed by atoms with Gasteiger partial charge >= 0.3 is 6.18 Å². The molecule has 0 aliphatic heterocycles. The number of nitrogens with one attached hydrogen (secondary N) is 1. The van der Waals surface area contributed by atoms with Crippen molar-refractivity contribution in [2.45, 2.75) is 50.7 Å². The Balaban J connectivity index is 1.89. The van der Waals surface area contributed by atoms with Crippen LogP contribution in [0.1, 0.15) is 43.5 Å². The zero-order valence-electron chi connectivity index (χ0n) is 10.9. The Bertz CT molecular complexity index is 378. The molecular formula is C13H19F3N2S. The molecule has 0 spiro atoms. The molecule has 0 saturated heterocycles. The summed E-state index contributed by atoms with van der Waals surface area (Å²) in [6.07, 6.45) is 0.0972. The maximum atomic E-state index is 12.9. The highest BCUT2D eigenvalue weighted by Gasteiger charge is 2.45. The van der Waals surface area contributed by atoms with Gasteiger partial charge in [0, 0.05) is 30.1 Å². The molecule has 19 heavy (non-hydrogen) atoms. The summed E-state index contributed by atoms with van der Waals surface area (Å²) in [5.74, 6) is -1.03. The van der Waals surface area contributed by atoms with Crippen LogP contribution in [0.5, 0.6) is 0 Å². The van der Waals surface area contributed by atoms with Crippen LogP contribution >= 0.6 is 11.3 Å². The number of hydrogen-bond donors (Lipinski definition) is 1. The fraction of sp³-hybridized carbons (Fsp3) is 0.769. The Hall–Kier alpha value is -0.620. The first-order valence-electron chi connectivity index (χ1n) is 6.68. The summed E-state index contributed by atoms with van der Waals surface area (Å²) < 4.78 is 38.8. The first-order chi connectivity index (χ1) is 8.98. The summed E-state index contributed by atoms with van der Waals surface area (Å²) in [7, 11) is 0. The van der Waals surface area contributed by atoms with Gasteiger partial charge in [0.2, 0.25) is 0 Å². The SMILES string of the molecule is CC(CNC1CCCCC1C(F)(F)F)c1nccs1. The Labute approximate surface area is 115 Å². The first kappa shape index (κ1) is 14.8. The number of rotatable bonds is 4. The van der Waals surface area contributed by atoms with Gasteiger partial charge < -0.3 is 5.32 Å². The van der Waals surface area contributed by atoms with E-state index in [1.54, 1.807) is 17.5 Å². The van der Waals surface area contributed by atoms with Gasteiger partial charge in [0.25, 0.3) is 0 Å². The van der Waals surface area contributed by atoms with E-state index in [9.17, 15) is 13.2 Å². The molecule has 0 aromatic carbocycles. The second-order valence-corrected chi connectivity index (χ2v) is 6.14. The van der Waals surface area contributed by atoms with E-state index in [0.29, 0.717) is 19.4 Å². The van der Waals surface area contributed by atoms with E-state index in [4.69, 9.17) is 0 Å². The number of halogens is 3. The number of thiazole rings is 1. The van der Waals surface area contributed by atoms with Crippen LogP contribution in [-0.2, 0) is 0 Å². The van der Waals surface area contributed by atoms with Gasteiger partial charge in [-0.2, -0.15) is 13.2 Å². The van der Waals surface area contributed by atoms with E-state index in [2.05, 4.69) is 10.3 Å². The molecule has 1 aliphatic carbocycles. The van der Waals surface area contributed by atoms with Crippen LogP contribution in [0.3, 0.4) is 0 Å². The van der Waals surface area contributed by atoms with E-state index in [1.807, 2.05) is 12.3 Å². The molecule has 1 aliphatic rings. The number of nitrogens with zero attached hydrogens (tertiary/aromatic N) is 1. The van der Waals surface area contributed by atoms with Crippen molar-refractivity contribution in [2.75, 3.05) is 6.54 Å². The maximum absolute atomic E-state index is 12.9. The Kier molecular flexibility index (Phi) is 4.84. The molecule has 2 nitrogen and oxygen atoms in total. The second kappa shape index (κ2) is 6.22. The van der Waals surface area contributed by atoms with Crippen molar-refractivity contribution < 1.29 is 13.2 Å². The predicted molar refractivity (Wildman–Crippen MR) is 70.3 cm³/mol. The molecule has 1 aromatic heterocycles. The maximum Gasteiger partial charge on any atom is 0.393 e. The Morgan fingerprint density at radius 3 is 2.79 bits per heavy atom. The number of hydrogen-bond acceptors (Lipinski definition) is 3. The highest BCUT2D eigenvalue weighted by molar-refractivity contribution is 7.09. The minimum atomic E-state index is -4.08. The smallest absolute Gasteiger partial charge is 0.313 e. The van der Waals surface area contributed by atoms with E-state index in [-0.39, 0.29) is 12.3 Å². The lowest BCUT2D eigenvalue weighted by Gasteiger charge is -2.34. The van der Waals surface area contributed by atoms with Crippen molar-refractivity contribution >= 4 is 11.3 Å². The van der Waals surface area contributed by atoms with Crippen LogP contribution in [0, 0.1) is 5.92 Å². The van der Waals surface area contributed by atoms with E-state index < -0.39 is 18.1 Å². The van der Waals surface area contributed by atoms with Crippen LogP contribution < -0.4 is 5.32 Å². The third-order valence-corrected chi connectivity index (χ3v) is 4.75. The Morgan fingerprint density at radius 2 is 2.16 bits per heavy atom. The highest BCUT2D eigenvalue weighted by Crippen LogP contribution is 2.37. The van der Waals surface area contributed by atoms with Gasteiger partial charge in [0.15, 0.2) is 0 Å². The van der Waals surface area contributed by atoms with Crippen molar-refractivity contribution in [3.8, 4) is 0 Å². The topological polar surface area (TPSA) is 24.9 Å². The summed E-state index contributed by atoms with van der Waals surface area (Å²) in [4.78, 5) is 4.20. The molecule has 0 bridgehead atoms. The molecule has 108 valence electrons. The van der Waals surface area contributed by atoms with Gasteiger partial charge in [-0.15, -0.1) is 11.3 Å². The summed E-state index contributed by atoms with van der Waals surface area (Å²) in [5, 5.41) is 5.99. The van der Waals surface area contributed by atoms with Crippen LogP contribution in [0.2, 0.25) is 0 Å². The van der Waals surface area contributed by atoms with Crippen molar-refractivity contribution in [1.29, 1.82) is 0 Å². The lowest BCUT2D eigenvalue weighted by molar-refractivity contribution is -0.188. The van der Waals surface area contributed by atoms with Crippen molar-refractivity contribution in [3.63, 3.8) is 0 Å². The highest BCUT2D eigenvalue weighted by atomic mass is 32.1. The predicted octanol–water partition coefficient (Wildman–Crippen LogP) is 3.96. The zero-order valence-corrected chi connectivity index (χ0v) is 11.7. The molecule has 1 N–H and O–H groups in total. The molecule has 1 fully saturated rings. The minimum Gasteiger partial charge on any atom is -0.313 e. The summed E-state index contributed by atoms with van der Waals surface area (Å²) in [6.45, 7) is 2.56. The van der Waals surface area contributed by atoms with Crippen molar-refractivity contribution in [2.24, 2.45) is 5.92 Å². The third-order valence-electron chi connectivity index (χ3n) is 3.75. The van der Waals surface area contributed by atoms with Crippen LogP contribution in [0.15, 0.2) is 11.6 Å². The summed E-state index contributed by atoms with van der Waals surface area (Å²) >= 11 is 1.55. The van der Waals surface area contributed by atoms with E-state index >= 15 is 0 Å². The van der Waals surface area contributed by atoms with Crippen molar-refractivity contribution in [3.05, 3.63) is 16.6 Å². The van der Waals surface area contributed by atoms with Gasteiger partial charge in [0.1, 0.15) is 0 Å². The average Bonchev–Trinajstić information content (AvgIpc) is 2.89. The van der Waals surface area contributed by atoms with Gasteiger partial charge in [-0.25, -0.2) is 4.98 Å². The monoisotopic (exact) mass is 292 g/mol. The normalized spacial score (nSPS) is 26.3. The van der Waals surface area contributed by atoms with Crippen molar-refractivity contribution in [1.82, 2.24) is 10.3 Å². The van der Waals surface area contributed by atoms with Crippen LogP contribution in [-0.4, -0.2) is 23.7 Å². The largest absolute Gasteiger partial charge is 0.393 e. The molecule has 2 rings (SSSR count). The van der Waals surface area contributed by atoms with Gasteiger partial charge in [-0.1, -0.05) is 19.8 Å². The lowest BCUT2D eigenvalue weighted by atomic mass is 9.84. The standard InChI is InChI=1S/C13H19F3N2S/c1-9(12-17-6-7-19-12)8-18-11-5-3-2-4-10(11)13(14,15)16/h6-7,9-11,18H,2-5,8H2,1H3. The molecule has 6 heteroatoms. The van der Waals surface area contributed by atoms with Gasteiger partial charge in [-0.3, -0.25) is 0 Å². The first-order valence-corrected chi connectivity index (χ1v) is 7.56. The van der Waals surface area contributed by atoms with Gasteiger partial charge in [-0.05, 0) is 12.8 Å². The lowest BCUT2D eigenvalue weighted by Crippen LogP contribution is -2.46. The van der Waals surface area contributed by atoms with Crippen LogP contribution in [0.4, 0.5) is 13.2 Å². The Morgan fingerprint density at radius 1 is 1.42 bits per heavy atom. The number of alkyl halides is 3. The second-order valence-electron chi connectivity index (χ2n) is 5.22. The molecule has 1 aromatic rings. The molecule has 0 amide bonds. The molecule has 1 saturated carbocycles. The number of aromatic nitrogens is 1. The van der Waals surface area contributed by atoms with E-state index in [1.165, 1.54) is 0 Å². The quantitative estimate of drug-likeness (QED) is 0.908. The summed E-state index contributed by atoms with van der Waals surface area (Å²) in [6, 6.07) is -0.434. The molecule has 1 heterocycles. The average molecular weight is 292 g/mol. The fourth-order valence-electron chi connectivity index (χ4n) is 2.66. The van der Waals surface area contributed by atoms with E-state index in [0.717, 1.165) is 11.4 Å². The molecule has 3 atom stereocenters. The minimum absolute atomic E-state index is 0.163.